The van der Waals surface area contributed by atoms with Crippen LogP contribution in [0.4, 0.5) is 0 Å². The minimum Gasteiger partial charge on any atom is -0.107 e. The molecule has 0 aromatic heterocycles. The van der Waals surface area contributed by atoms with E-state index in [0.717, 1.165) is 5.92 Å². The van der Waals surface area contributed by atoms with Crippen LogP contribution >= 0.6 is 0 Å². The minimum absolute atomic E-state index is 0.833. The van der Waals surface area contributed by atoms with Gasteiger partial charge < -0.3 is 0 Å². The highest BCUT2D eigenvalue weighted by Gasteiger charge is 1.68. The SMILES string of the molecule is C=CC.CC.CC#CC.CC(C)C. The van der Waals surface area contributed by atoms with Crippen molar-refractivity contribution in [3.05, 3.63) is 12.7 Å². The van der Waals surface area contributed by atoms with Gasteiger partial charge in [0.2, 0.25) is 0 Å². The second kappa shape index (κ2) is 42.7. The third kappa shape index (κ3) is 10900. The van der Waals surface area contributed by atoms with Gasteiger partial charge in [0, 0.05) is 0 Å². The van der Waals surface area contributed by atoms with Crippen LogP contribution in [0.2, 0.25) is 0 Å². The molecule has 0 aliphatic carbocycles. The zero-order valence-corrected chi connectivity index (χ0v) is 10.9. The van der Waals surface area contributed by atoms with E-state index in [1.807, 2.05) is 34.6 Å². The fourth-order valence-electron chi connectivity index (χ4n) is 0. The van der Waals surface area contributed by atoms with Gasteiger partial charge in [0.25, 0.3) is 0 Å². The largest absolute Gasteiger partial charge is 0.107 e. The van der Waals surface area contributed by atoms with Gasteiger partial charge in [-0.3, -0.25) is 0 Å². The molecule has 0 saturated carbocycles. The van der Waals surface area contributed by atoms with Crippen molar-refractivity contribution in [2.45, 2.75) is 55.4 Å². The standard InChI is InChI=1S/C4H10.C4H6.C3H6.C2H6/c1-4(2)3;1-3-4-2;1-3-2;1-2/h4H,1-3H3;1-2H3;3H,1H2,2H3;1-2H3. The van der Waals surface area contributed by atoms with Crippen LogP contribution in [0.5, 0.6) is 0 Å². The first-order valence-corrected chi connectivity index (χ1v) is 4.97. The van der Waals surface area contributed by atoms with E-state index in [0.29, 0.717) is 0 Å². The predicted octanol–water partition coefficient (Wildman–Crippen LogP) is 4.91. The van der Waals surface area contributed by atoms with Gasteiger partial charge in [-0.05, 0) is 26.7 Å². The molecule has 0 saturated heterocycles. The molecule has 0 nitrogen and oxygen atoms in total. The summed E-state index contributed by atoms with van der Waals surface area (Å²) in [6.45, 7) is 19.4. The van der Waals surface area contributed by atoms with Crippen LogP contribution in [0.1, 0.15) is 55.4 Å². The second-order valence-electron chi connectivity index (χ2n) is 2.64. The summed E-state index contributed by atoms with van der Waals surface area (Å²) in [5.41, 5.74) is 0. The number of hydrogen-bond acceptors (Lipinski definition) is 0. The molecule has 0 aliphatic rings. The van der Waals surface area contributed by atoms with Crippen molar-refractivity contribution >= 4 is 0 Å². The molecule has 0 aromatic carbocycles. The van der Waals surface area contributed by atoms with Crippen LogP contribution in [-0.4, -0.2) is 0 Å². The first-order valence-electron chi connectivity index (χ1n) is 4.97. The molecule has 0 radical (unpaired) electrons. The molecule has 13 heavy (non-hydrogen) atoms. The quantitative estimate of drug-likeness (QED) is 0.370. The highest BCUT2D eigenvalue weighted by molar-refractivity contribution is 4.89. The molecular weight excluding hydrogens is 156 g/mol. The van der Waals surface area contributed by atoms with Crippen molar-refractivity contribution in [3.63, 3.8) is 0 Å². The maximum absolute atomic E-state index is 3.36. The van der Waals surface area contributed by atoms with Gasteiger partial charge in [-0.25, -0.2) is 0 Å². The molecule has 0 bridgehead atoms. The maximum Gasteiger partial charge on any atom is -0.00271 e. The summed E-state index contributed by atoms with van der Waals surface area (Å²) < 4.78 is 0. The third-order valence-corrected chi connectivity index (χ3v) is 0.250. The molecule has 0 spiro atoms. The molecule has 0 rings (SSSR count). The van der Waals surface area contributed by atoms with E-state index < -0.39 is 0 Å². The fourth-order valence-corrected chi connectivity index (χ4v) is 0. The number of allylic oxidation sites excluding steroid dienone is 1. The van der Waals surface area contributed by atoms with Gasteiger partial charge >= 0.3 is 0 Å². The molecule has 0 amide bonds. The Kier molecular flexibility index (Phi) is 74.8. The highest BCUT2D eigenvalue weighted by Crippen LogP contribution is 1.81. The summed E-state index contributed by atoms with van der Waals surface area (Å²) in [4.78, 5) is 0. The molecule has 0 heterocycles. The van der Waals surface area contributed by atoms with Gasteiger partial charge in [0.15, 0.2) is 0 Å². The van der Waals surface area contributed by atoms with Crippen molar-refractivity contribution in [1.29, 1.82) is 0 Å². The Bertz CT molecular complexity index is 90.2. The molecule has 0 fully saturated rings. The average molecular weight is 184 g/mol. The van der Waals surface area contributed by atoms with Gasteiger partial charge in [-0.15, -0.1) is 18.4 Å². The topological polar surface area (TPSA) is 0 Å². The van der Waals surface area contributed by atoms with E-state index in [2.05, 4.69) is 39.2 Å². The van der Waals surface area contributed by atoms with Crippen LogP contribution in [0.15, 0.2) is 12.7 Å². The summed E-state index contributed by atoms with van der Waals surface area (Å²) >= 11 is 0. The van der Waals surface area contributed by atoms with Gasteiger partial charge in [-0.2, -0.15) is 0 Å². The lowest BCUT2D eigenvalue weighted by Gasteiger charge is -1.79. The Hall–Kier alpha value is -0.700. The van der Waals surface area contributed by atoms with E-state index >= 15 is 0 Å². The van der Waals surface area contributed by atoms with Gasteiger partial charge in [-0.1, -0.05) is 40.7 Å². The third-order valence-electron chi connectivity index (χ3n) is 0.250. The molecule has 0 unspecified atom stereocenters. The molecule has 0 aromatic rings. The van der Waals surface area contributed by atoms with E-state index in [1.165, 1.54) is 0 Å². The van der Waals surface area contributed by atoms with E-state index in [-0.39, 0.29) is 0 Å². The zero-order valence-electron chi connectivity index (χ0n) is 10.9. The second-order valence-corrected chi connectivity index (χ2v) is 2.64. The Labute approximate surface area is 86.4 Å². The number of rotatable bonds is 0. The van der Waals surface area contributed by atoms with E-state index in [4.69, 9.17) is 0 Å². The first-order chi connectivity index (χ1) is 6.06. The van der Waals surface area contributed by atoms with Crippen LogP contribution in [0, 0.1) is 17.8 Å². The van der Waals surface area contributed by atoms with Crippen molar-refractivity contribution in [3.8, 4) is 11.8 Å². The van der Waals surface area contributed by atoms with E-state index in [9.17, 15) is 0 Å². The summed E-state index contributed by atoms with van der Waals surface area (Å²) in [6, 6.07) is 0. The molecule has 0 N–H and O–H groups in total. The van der Waals surface area contributed by atoms with Crippen LogP contribution in [-0.2, 0) is 0 Å². The zero-order chi connectivity index (χ0) is 11.7. The van der Waals surface area contributed by atoms with Crippen molar-refractivity contribution < 1.29 is 0 Å². The lowest BCUT2D eigenvalue weighted by Crippen LogP contribution is -1.66. The molecule has 0 aliphatic heterocycles. The summed E-state index contributed by atoms with van der Waals surface area (Å²) in [5, 5.41) is 0. The Balaban J connectivity index is -0.0000000431. The van der Waals surface area contributed by atoms with Gasteiger partial charge in [0.1, 0.15) is 0 Å². The minimum atomic E-state index is 0.833. The summed E-state index contributed by atoms with van der Waals surface area (Å²) in [7, 11) is 0. The smallest absolute Gasteiger partial charge is 0.00271 e. The average Bonchev–Trinajstić information content (AvgIpc) is 2.08. The molecule has 0 heteroatoms. The van der Waals surface area contributed by atoms with Crippen LogP contribution in [0.25, 0.3) is 0 Å². The van der Waals surface area contributed by atoms with Crippen molar-refractivity contribution in [2.24, 2.45) is 5.92 Å². The molecule has 0 atom stereocenters. The Morgan fingerprint density at radius 2 is 1.08 bits per heavy atom. The van der Waals surface area contributed by atoms with Crippen molar-refractivity contribution in [2.75, 3.05) is 0 Å². The Morgan fingerprint density at radius 1 is 1.00 bits per heavy atom. The monoisotopic (exact) mass is 184 g/mol. The normalized spacial score (nSPS) is 5.31. The van der Waals surface area contributed by atoms with Crippen LogP contribution < -0.4 is 0 Å². The molecular formula is C13H28. The van der Waals surface area contributed by atoms with Gasteiger partial charge in [0.05, 0.1) is 0 Å². The maximum atomic E-state index is 3.36. The summed E-state index contributed by atoms with van der Waals surface area (Å²) in [5.74, 6) is 6.19. The number of hydrogen-bond donors (Lipinski definition) is 0. The lowest BCUT2D eigenvalue weighted by atomic mass is 10.3. The van der Waals surface area contributed by atoms with Crippen molar-refractivity contribution in [1.82, 2.24) is 0 Å². The summed E-state index contributed by atoms with van der Waals surface area (Å²) in [6.07, 6.45) is 1.75. The fraction of sp³-hybridized carbons (Fsp3) is 0.692. The lowest BCUT2D eigenvalue weighted by molar-refractivity contribution is 0.737. The predicted molar refractivity (Wildman–Crippen MR) is 66.9 cm³/mol. The highest BCUT2D eigenvalue weighted by atomic mass is 13.7. The van der Waals surface area contributed by atoms with E-state index in [1.54, 1.807) is 6.08 Å². The Morgan fingerprint density at radius 3 is 1.08 bits per heavy atom. The van der Waals surface area contributed by atoms with Crippen LogP contribution in [0.3, 0.4) is 0 Å². The molecule has 80 valence electrons. The first kappa shape index (κ1) is 22.8.